The van der Waals surface area contributed by atoms with Crippen LogP contribution in [0.25, 0.3) is 0 Å². The molecule has 2 aliphatic heterocycles. The smallest absolute Gasteiger partial charge is 0.167 e. The van der Waals surface area contributed by atoms with Crippen molar-refractivity contribution in [3.05, 3.63) is 0 Å². The molecule has 0 saturated carbocycles. The Kier molecular flexibility index (Phi) is 3.17. The average Bonchev–Trinajstić information content (AvgIpc) is 2.30. The number of ether oxygens (including phenoxy) is 1. The number of carbonyl (C=O) groups is 1. The lowest BCUT2D eigenvalue weighted by atomic mass is 9.70. The lowest BCUT2D eigenvalue weighted by molar-refractivity contribution is -0.294. The van der Waals surface area contributed by atoms with Crippen LogP contribution in [0.15, 0.2) is 0 Å². The first-order valence-electron chi connectivity index (χ1n) is 7.02. The largest absolute Gasteiger partial charge is 0.361 e. The zero-order chi connectivity index (χ0) is 14.7. The van der Waals surface area contributed by atoms with Crippen LogP contribution in [-0.2, 0) is 14.4 Å². The number of ketones is 1. The fraction of sp³-hybridized carbons (Fsp3) is 0.933. The molecule has 4 nitrogen and oxygen atoms in total. The molecule has 0 bridgehead atoms. The molecule has 2 aliphatic rings. The first-order valence-corrected chi connectivity index (χ1v) is 7.02. The van der Waals surface area contributed by atoms with Crippen LogP contribution in [0.2, 0.25) is 0 Å². The standard InChI is InChI=1S/C15H27NO3/c1-12(2)9-15(10-13(3,4)16(12)18-7)11(17)8-14(5,6)19-15/h8-10H2,1-7H3. The van der Waals surface area contributed by atoms with Gasteiger partial charge in [0.1, 0.15) is 5.60 Å². The van der Waals surface area contributed by atoms with E-state index >= 15 is 0 Å². The number of piperidine rings is 1. The molecule has 2 saturated heterocycles. The Morgan fingerprint density at radius 2 is 1.53 bits per heavy atom. The molecule has 0 N–H and O–H groups in total. The van der Waals surface area contributed by atoms with E-state index in [4.69, 9.17) is 9.57 Å². The summed E-state index contributed by atoms with van der Waals surface area (Å²) in [5, 5.41) is 2.01. The molecule has 0 aliphatic carbocycles. The second-order valence-corrected chi connectivity index (χ2v) is 7.91. The third-order valence-electron chi connectivity index (χ3n) is 4.28. The fourth-order valence-corrected chi connectivity index (χ4v) is 4.36. The van der Waals surface area contributed by atoms with E-state index in [1.54, 1.807) is 7.11 Å². The van der Waals surface area contributed by atoms with E-state index in [1.807, 2.05) is 18.9 Å². The molecule has 19 heavy (non-hydrogen) atoms. The van der Waals surface area contributed by atoms with Crippen molar-refractivity contribution in [2.24, 2.45) is 0 Å². The van der Waals surface area contributed by atoms with E-state index in [0.29, 0.717) is 19.3 Å². The Balaban J connectivity index is 2.39. The number of hydrogen-bond donors (Lipinski definition) is 0. The lowest BCUT2D eigenvalue weighted by Gasteiger charge is -2.56. The van der Waals surface area contributed by atoms with Gasteiger partial charge in [0.25, 0.3) is 0 Å². The van der Waals surface area contributed by atoms with Gasteiger partial charge < -0.3 is 9.57 Å². The Morgan fingerprint density at radius 1 is 1.05 bits per heavy atom. The number of hydrogen-bond acceptors (Lipinski definition) is 4. The molecule has 2 heterocycles. The SMILES string of the molecule is CON1C(C)(C)CC2(CC1(C)C)OC(C)(C)CC2=O. The minimum absolute atomic E-state index is 0.230. The summed E-state index contributed by atoms with van der Waals surface area (Å²) in [4.78, 5) is 18.1. The van der Waals surface area contributed by atoms with Gasteiger partial charge in [0.2, 0.25) is 0 Å². The van der Waals surface area contributed by atoms with E-state index in [0.717, 1.165) is 0 Å². The van der Waals surface area contributed by atoms with Gasteiger partial charge in [-0.15, -0.1) is 0 Å². The first kappa shape index (κ1) is 14.9. The number of rotatable bonds is 1. The van der Waals surface area contributed by atoms with Crippen LogP contribution in [0.5, 0.6) is 0 Å². The van der Waals surface area contributed by atoms with Crippen molar-refractivity contribution in [1.82, 2.24) is 5.06 Å². The summed E-state index contributed by atoms with van der Waals surface area (Å²) in [5.74, 6) is 0.245. The average molecular weight is 269 g/mol. The van der Waals surface area contributed by atoms with Gasteiger partial charge in [0.05, 0.1) is 12.7 Å². The summed E-state index contributed by atoms with van der Waals surface area (Å²) >= 11 is 0. The monoisotopic (exact) mass is 269 g/mol. The number of nitrogens with zero attached hydrogens (tertiary/aromatic N) is 1. The van der Waals surface area contributed by atoms with Crippen LogP contribution in [0.3, 0.4) is 0 Å². The van der Waals surface area contributed by atoms with Gasteiger partial charge >= 0.3 is 0 Å². The van der Waals surface area contributed by atoms with Gasteiger partial charge in [-0.3, -0.25) is 4.79 Å². The number of Topliss-reactive ketones (excluding diaryl/α,β-unsaturated/α-hetero) is 1. The molecule has 4 heteroatoms. The quantitative estimate of drug-likeness (QED) is 0.733. The lowest BCUT2D eigenvalue weighted by Crippen LogP contribution is -2.66. The van der Waals surface area contributed by atoms with E-state index in [2.05, 4.69) is 27.7 Å². The zero-order valence-corrected chi connectivity index (χ0v) is 13.3. The normalized spacial score (nSPS) is 31.8. The van der Waals surface area contributed by atoms with Crippen molar-refractivity contribution in [2.45, 2.75) is 83.1 Å². The van der Waals surface area contributed by atoms with E-state index in [9.17, 15) is 4.79 Å². The third-order valence-corrected chi connectivity index (χ3v) is 4.28. The molecule has 2 rings (SSSR count). The van der Waals surface area contributed by atoms with Crippen LogP contribution in [0.4, 0.5) is 0 Å². The van der Waals surface area contributed by atoms with Gasteiger partial charge in [-0.25, -0.2) is 0 Å². The molecule has 0 aromatic rings. The van der Waals surface area contributed by atoms with Gasteiger partial charge in [-0.05, 0) is 41.5 Å². The summed E-state index contributed by atoms with van der Waals surface area (Å²) in [6, 6.07) is 0. The van der Waals surface area contributed by atoms with Gasteiger partial charge in [-0.1, -0.05) is 0 Å². The van der Waals surface area contributed by atoms with Gasteiger partial charge in [-0.2, -0.15) is 5.06 Å². The molecule has 110 valence electrons. The van der Waals surface area contributed by atoms with Crippen molar-refractivity contribution in [1.29, 1.82) is 0 Å². The molecule has 0 aromatic heterocycles. The van der Waals surface area contributed by atoms with Gasteiger partial charge in [0, 0.05) is 30.3 Å². The summed E-state index contributed by atoms with van der Waals surface area (Å²) in [5.41, 5.74) is -1.46. The highest BCUT2D eigenvalue weighted by Gasteiger charge is 2.61. The topological polar surface area (TPSA) is 38.8 Å². The number of hydroxylamine groups is 2. The fourth-order valence-electron chi connectivity index (χ4n) is 4.36. The highest BCUT2D eigenvalue weighted by Crippen LogP contribution is 2.51. The van der Waals surface area contributed by atoms with Crippen LogP contribution >= 0.6 is 0 Å². The minimum Gasteiger partial charge on any atom is -0.361 e. The molecule has 0 amide bonds. The molecule has 0 radical (unpaired) electrons. The van der Waals surface area contributed by atoms with Crippen LogP contribution < -0.4 is 0 Å². The van der Waals surface area contributed by atoms with Crippen LogP contribution in [0.1, 0.15) is 60.8 Å². The van der Waals surface area contributed by atoms with Crippen LogP contribution in [0, 0.1) is 0 Å². The molecule has 1 spiro atoms. The highest BCUT2D eigenvalue weighted by molar-refractivity contribution is 5.90. The van der Waals surface area contributed by atoms with Crippen molar-refractivity contribution in [3.8, 4) is 0 Å². The Labute approximate surface area is 116 Å². The maximum atomic E-state index is 12.6. The van der Waals surface area contributed by atoms with E-state index < -0.39 is 5.60 Å². The Hall–Kier alpha value is -0.450. The summed E-state index contributed by atoms with van der Waals surface area (Å²) in [7, 11) is 1.70. The summed E-state index contributed by atoms with van der Waals surface area (Å²) in [6.07, 6.45) is 1.87. The first-order chi connectivity index (χ1) is 8.44. The van der Waals surface area contributed by atoms with Crippen LogP contribution in [-0.4, -0.2) is 40.2 Å². The van der Waals surface area contributed by atoms with Crippen molar-refractivity contribution in [2.75, 3.05) is 7.11 Å². The van der Waals surface area contributed by atoms with Crippen molar-refractivity contribution < 1.29 is 14.4 Å². The molecule has 0 unspecified atom stereocenters. The Bertz CT molecular complexity index is 380. The maximum absolute atomic E-state index is 12.6. The molecule has 0 atom stereocenters. The van der Waals surface area contributed by atoms with Crippen molar-refractivity contribution in [3.63, 3.8) is 0 Å². The Morgan fingerprint density at radius 3 is 1.84 bits per heavy atom. The predicted molar refractivity (Wildman–Crippen MR) is 73.8 cm³/mol. The highest BCUT2D eigenvalue weighted by atomic mass is 16.7. The van der Waals surface area contributed by atoms with Gasteiger partial charge in [0.15, 0.2) is 5.78 Å². The molecule has 0 aromatic carbocycles. The maximum Gasteiger partial charge on any atom is 0.167 e. The van der Waals surface area contributed by atoms with E-state index in [1.165, 1.54) is 0 Å². The predicted octanol–water partition coefficient (Wildman–Crippen LogP) is 2.71. The van der Waals surface area contributed by atoms with E-state index in [-0.39, 0.29) is 22.5 Å². The molecule has 2 fully saturated rings. The molecular weight excluding hydrogens is 242 g/mol. The summed E-state index contributed by atoms with van der Waals surface area (Å²) < 4.78 is 6.22. The molecular formula is C15H27NO3. The second kappa shape index (κ2) is 4.03. The minimum atomic E-state index is -0.647. The summed E-state index contributed by atoms with van der Waals surface area (Å²) in [6.45, 7) is 12.5. The zero-order valence-electron chi connectivity index (χ0n) is 13.3. The van der Waals surface area contributed by atoms with Crippen molar-refractivity contribution >= 4 is 5.78 Å². The second-order valence-electron chi connectivity index (χ2n) is 7.91. The number of carbonyl (C=O) groups excluding carboxylic acids is 1. The third kappa shape index (κ3) is 2.34.